The minimum Gasteiger partial charge on any atom is -0.506 e. The van der Waals surface area contributed by atoms with E-state index in [9.17, 15) is 24.8 Å². The summed E-state index contributed by atoms with van der Waals surface area (Å²) in [6.07, 6.45) is -0.0201. The Labute approximate surface area is 167 Å². The van der Waals surface area contributed by atoms with Gasteiger partial charge in [-0.2, -0.15) is 0 Å². The summed E-state index contributed by atoms with van der Waals surface area (Å²) in [6, 6.07) is 8.48. The van der Waals surface area contributed by atoms with E-state index in [-0.39, 0.29) is 40.6 Å². The Morgan fingerprint density at radius 1 is 1.21 bits per heavy atom. The fraction of sp³-hybridized carbons (Fsp3) is 0.300. The maximum atomic E-state index is 12.6. The average Bonchev–Trinajstić information content (AvgIpc) is 2.64. The lowest BCUT2D eigenvalue weighted by Crippen LogP contribution is -2.29. The second kappa shape index (κ2) is 8.84. The zero-order valence-corrected chi connectivity index (χ0v) is 16.5. The number of carbonyl (C=O) groups excluding carboxylic acids is 2. The number of aromatic hydroxyl groups is 1. The first-order valence-corrected chi connectivity index (χ1v) is 9.05. The van der Waals surface area contributed by atoms with E-state index in [0.29, 0.717) is 11.1 Å². The highest BCUT2D eigenvalue weighted by Crippen LogP contribution is 2.29. The van der Waals surface area contributed by atoms with Gasteiger partial charge in [0.05, 0.1) is 16.0 Å². The number of nitrogens with one attached hydrogen (secondary N) is 1. The fourth-order valence-electron chi connectivity index (χ4n) is 2.80. The van der Waals surface area contributed by atoms with Gasteiger partial charge in [0.1, 0.15) is 5.75 Å². The van der Waals surface area contributed by atoms with Crippen molar-refractivity contribution < 1.29 is 19.6 Å². The molecule has 2 atom stereocenters. The number of phenolic OH excluding ortho intramolecular Hbond substituents is 1. The van der Waals surface area contributed by atoms with Crippen LogP contribution in [0.15, 0.2) is 36.4 Å². The number of ketones is 1. The van der Waals surface area contributed by atoms with E-state index < -0.39 is 10.8 Å². The van der Waals surface area contributed by atoms with Crippen LogP contribution in [-0.4, -0.2) is 21.7 Å². The Kier molecular flexibility index (Phi) is 6.75. The first kappa shape index (κ1) is 21.4. The van der Waals surface area contributed by atoms with Crippen LogP contribution in [0.25, 0.3) is 0 Å². The quantitative estimate of drug-likeness (QED) is 0.405. The van der Waals surface area contributed by atoms with Gasteiger partial charge in [0.15, 0.2) is 5.78 Å². The van der Waals surface area contributed by atoms with Crippen LogP contribution in [0.4, 0.5) is 5.69 Å². The molecule has 2 rings (SSSR count). The molecule has 0 aliphatic carbocycles. The van der Waals surface area contributed by atoms with E-state index in [1.807, 2.05) is 0 Å². The predicted molar refractivity (Wildman–Crippen MR) is 106 cm³/mol. The summed E-state index contributed by atoms with van der Waals surface area (Å²) in [4.78, 5) is 35.1. The highest BCUT2D eigenvalue weighted by molar-refractivity contribution is 6.32. The van der Waals surface area contributed by atoms with Crippen LogP contribution in [0.3, 0.4) is 0 Å². The van der Waals surface area contributed by atoms with Gasteiger partial charge in [-0.05, 0) is 37.1 Å². The molecule has 0 saturated heterocycles. The van der Waals surface area contributed by atoms with E-state index >= 15 is 0 Å². The first-order chi connectivity index (χ1) is 13.1. The summed E-state index contributed by atoms with van der Waals surface area (Å²) >= 11 is 5.92. The Bertz CT molecular complexity index is 888. The van der Waals surface area contributed by atoms with Crippen molar-refractivity contribution in [3.8, 4) is 5.75 Å². The zero-order chi connectivity index (χ0) is 21.0. The summed E-state index contributed by atoms with van der Waals surface area (Å²) in [6.45, 7) is 5.05. The summed E-state index contributed by atoms with van der Waals surface area (Å²) in [5.41, 5.74) is 1.52. The molecule has 2 N–H and O–H groups in total. The van der Waals surface area contributed by atoms with Gasteiger partial charge in [0.2, 0.25) is 5.91 Å². The molecule has 0 radical (unpaired) electrons. The van der Waals surface area contributed by atoms with E-state index in [1.54, 1.807) is 32.9 Å². The summed E-state index contributed by atoms with van der Waals surface area (Å²) in [7, 11) is 0. The van der Waals surface area contributed by atoms with Crippen molar-refractivity contribution in [2.24, 2.45) is 5.92 Å². The van der Waals surface area contributed by atoms with Crippen molar-refractivity contribution in [1.29, 1.82) is 0 Å². The second-order valence-electron chi connectivity index (χ2n) is 6.73. The number of non-ortho nitro benzene ring substituents is 1. The van der Waals surface area contributed by atoms with Gasteiger partial charge < -0.3 is 10.4 Å². The molecular weight excluding hydrogens is 384 g/mol. The minimum absolute atomic E-state index is 0.0201. The molecule has 0 unspecified atom stereocenters. The smallest absolute Gasteiger partial charge is 0.269 e. The van der Waals surface area contributed by atoms with Crippen LogP contribution in [0.5, 0.6) is 5.75 Å². The number of nitro benzene ring substituents is 1. The first-order valence-electron chi connectivity index (χ1n) is 8.67. The number of halogens is 1. The molecule has 0 spiro atoms. The third kappa shape index (κ3) is 5.07. The van der Waals surface area contributed by atoms with Crippen molar-refractivity contribution in [2.75, 3.05) is 0 Å². The van der Waals surface area contributed by atoms with Crippen LogP contribution in [-0.2, 0) is 4.79 Å². The number of aryl methyl sites for hydroxylation is 1. The summed E-state index contributed by atoms with van der Waals surface area (Å²) in [5.74, 6) is -1.21. The molecule has 28 heavy (non-hydrogen) atoms. The van der Waals surface area contributed by atoms with Crippen molar-refractivity contribution in [2.45, 2.75) is 33.2 Å². The highest BCUT2D eigenvalue weighted by Gasteiger charge is 2.21. The minimum atomic E-state index is -0.580. The lowest BCUT2D eigenvalue weighted by Gasteiger charge is -2.16. The van der Waals surface area contributed by atoms with E-state index in [4.69, 9.17) is 11.6 Å². The van der Waals surface area contributed by atoms with Gasteiger partial charge in [-0.15, -0.1) is 0 Å². The standard InChI is InChI=1S/C20H21ClN2O5/c1-11-8-15(10-17(21)20(11)26)19(25)12(2)9-18(24)22-13(3)14-4-6-16(7-5-14)23(27)28/h4-8,10,12-13,26H,9H2,1-3H3,(H,22,24)/t12-,13+/m1/s1. The number of hydrogen-bond donors (Lipinski definition) is 2. The molecule has 148 valence electrons. The number of benzene rings is 2. The number of amides is 1. The normalized spacial score (nSPS) is 12.9. The van der Waals surface area contributed by atoms with Crippen LogP contribution < -0.4 is 5.32 Å². The Hall–Kier alpha value is -2.93. The van der Waals surface area contributed by atoms with Crippen molar-refractivity contribution in [1.82, 2.24) is 5.32 Å². The van der Waals surface area contributed by atoms with Gasteiger partial charge in [0.25, 0.3) is 5.69 Å². The molecule has 0 fully saturated rings. The molecule has 1 amide bonds. The molecule has 2 aromatic rings. The third-order valence-electron chi connectivity index (χ3n) is 4.46. The van der Waals surface area contributed by atoms with Gasteiger partial charge in [-0.3, -0.25) is 19.7 Å². The lowest BCUT2D eigenvalue weighted by molar-refractivity contribution is -0.384. The molecule has 2 aromatic carbocycles. The molecule has 0 aliphatic rings. The number of hydrogen-bond acceptors (Lipinski definition) is 5. The van der Waals surface area contributed by atoms with Gasteiger partial charge in [-0.25, -0.2) is 0 Å². The van der Waals surface area contributed by atoms with Gasteiger partial charge in [-0.1, -0.05) is 30.7 Å². The fourth-order valence-corrected chi connectivity index (χ4v) is 3.07. The largest absolute Gasteiger partial charge is 0.506 e. The average molecular weight is 405 g/mol. The third-order valence-corrected chi connectivity index (χ3v) is 4.75. The van der Waals surface area contributed by atoms with Crippen LogP contribution in [0.2, 0.25) is 5.02 Å². The number of Topliss-reactive ketones (excluding diaryl/α,β-unsaturated/α-hetero) is 1. The number of rotatable bonds is 7. The SMILES string of the molecule is Cc1cc(C(=O)[C@H](C)CC(=O)N[C@@H](C)c2ccc([N+](=O)[O-])cc2)cc(Cl)c1O. The van der Waals surface area contributed by atoms with Gasteiger partial charge >= 0.3 is 0 Å². The Morgan fingerprint density at radius 2 is 1.82 bits per heavy atom. The zero-order valence-electron chi connectivity index (χ0n) is 15.7. The van der Waals surface area contributed by atoms with Crippen LogP contribution >= 0.6 is 11.6 Å². The molecule has 0 aliphatic heterocycles. The topological polar surface area (TPSA) is 110 Å². The number of carbonyl (C=O) groups is 2. The predicted octanol–water partition coefficient (Wildman–Crippen LogP) is 4.35. The number of nitro groups is 1. The Balaban J connectivity index is 1.99. The maximum Gasteiger partial charge on any atom is 0.269 e. The van der Waals surface area contributed by atoms with Crippen LogP contribution in [0, 0.1) is 23.0 Å². The molecule has 7 nitrogen and oxygen atoms in total. The van der Waals surface area contributed by atoms with E-state index in [1.165, 1.54) is 24.3 Å². The Morgan fingerprint density at radius 3 is 2.36 bits per heavy atom. The second-order valence-corrected chi connectivity index (χ2v) is 7.14. The van der Waals surface area contributed by atoms with Crippen molar-refractivity contribution >= 4 is 29.0 Å². The molecule has 0 aromatic heterocycles. The molecular formula is C20H21ClN2O5. The van der Waals surface area contributed by atoms with E-state index in [0.717, 1.165) is 5.56 Å². The molecule has 8 heteroatoms. The van der Waals surface area contributed by atoms with Gasteiger partial charge in [0, 0.05) is 30.0 Å². The monoisotopic (exact) mass is 404 g/mol. The lowest BCUT2D eigenvalue weighted by atomic mass is 9.94. The summed E-state index contributed by atoms with van der Waals surface area (Å²) in [5, 5.41) is 23.3. The molecule has 0 heterocycles. The number of phenols is 1. The summed E-state index contributed by atoms with van der Waals surface area (Å²) < 4.78 is 0. The molecule has 0 saturated carbocycles. The highest BCUT2D eigenvalue weighted by atomic mass is 35.5. The molecule has 0 bridgehead atoms. The maximum absolute atomic E-state index is 12.6. The van der Waals surface area contributed by atoms with Crippen LogP contribution in [0.1, 0.15) is 47.8 Å². The van der Waals surface area contributed by atoms with Crippen molar-refractivity contribution in [3.05, 3.63) is 68.2 Å². The van der Waals surface area contributed by atoms with Crippen molar-refractivity contribution in [3.63, 3.8) is 0 Å². The number of nitrogens with zero attached hydrogens (tertiary/aromatic N) is 1. The van der Waals surface area contributed by atoms with E-state index in [2.05, 4.69) is 5.32 Å².